The molecule has 1 aromatic rings. The van der Waals surface area contributed by atoms with E-state index >= 15 is 0 Å². The zero-order valence-electron chi connectivity index (χ0n) is 18.7. The average Bonchev–Trinajstić information content (AvgIpc) is 2.79. The van der Waals surface area contributed by atoms with Crippen LogP contribution in [0.2, 0.25) is 0 Å². The summed E-state index contributed by atoms with van der Waals surface area (Å²) in [5.74, 6) is -6.51. The minimum absolute atomic E-state index is 0.0603. The quantitative estimate of drug-likeness (QED) is 0.121. The number of carboxylic acid groups (broad SMARTS) is 2. The van der Waals surface area contributed by atoms with Gasteiger partial charge in [0.2, 0.25) is 23.6 Å². The zero-order valence-corrected chi connectivity index (χ0v) is 18.7. The summed E-state index contributed by atoms with van der Waals surface area (Å²) in [5.41, 5.74) is 11.2. The molecule has 0 aliphatic heterocycles. The fraction of sp³-hybridized carbons (Fsp3) is 0.429. The summed E-state index contributed by atoms with van der Waals surface area (Å²) in [6.45, 7) is -0.923. The van der Waals surface area contributed by atoms with Gasteiger partial charge in [-0.15, -0.1) is 0 Å². The van der Waals surface area contributed by atoms with Gasteiger partial charge in [-0.2, -0.15) is 0 Å². The van der Waals surface area contributed by atoms with Gasteiger partial charge in [0.1, 0.15) is 18.1 Å². The lowest BCUT2D eigenvalue weighted by Crippen LogP contribution is -2.58. The van der Waals surface area contributed by atoms with Gasteiger partial charge in [0.25, 0.3) is 0 Å². The second-order valence-corrected chi connectivity index (χ2v) is 7.60. The first kappa shape index (κ1) is 29.0. The maximum Gasteiger partial charge on any atom is 0.326 e. The molecule has 0 bridgehead atoms. The fourth-order valence-corrected chi connectivity index (χ4v) is 2.90. The summed E-state index contributed by atoms with van der Waals surface area (Å²) < 4.78 is 0. The maximum atomic E-state index is 12.8. The topological polar surface area (TPSA) is 251 Å². The highest BCUT2D eigenvalue weighted by molar-refractivity contribution is 5.95. The Bertz CT molecular complexity index is 925. The van der Waals surface area contributed by atoms with Crippen LogP contribution in [0.25, 0.3) is 0 Å². The van der Waals surface area contributed by atoms with E-state index in [4.69, 9.17) is 16.6 Å². The summed E-state index contributed by atoms with van der Waals surface area (Å²) in [4.78, 5) is 70.9. The van der Waals surface area contributed by atoms with Crippen LogP contribution in [0.5, 0.6) is 0 Å². The third kappa shape index (κ3) is 10.6. The number of nitrogens with one attached hydrogen (secondary N) is 3. The van der Waals surface area contributed by atoms with Crippen molar-refractivity contribution in [1.29, 1.82) is 0 Å². The van der Waals surface area contributed by atoms with E-state index < -0.39 is 72.8 Å². The highest BCUT2D eigenvalue weighted by Crippen LogP contribution is 2.06. The summed E-state index contributed by atoms with van der Waals surface area (Å²) >= 11 is 0. The van der Waals surface area contributed by atoms with Crippen LogP contribution in [0, 0.1) is 0 Å². The Morgan fingerprint density at radius 3 is 1.89 bits per heavy atom. The Hall–Kier alpha value is -4.04. The summed E-state index contributed by atoms with van der Waals surface area (Å²) in [5, 5.41) is 34.3. The van der Waals surface area contributed by atoms with E-state index in [1.807, 2.05) is 0 Å². The van der Waals surface area contributed by atoms with Gasteiger partial charge in [0.05, 0.1) is 19.1 Å². The molecule has 4 unspecified atom stereocenters. The van der Waals surface area contributed by atoms with E-state index in [2.05, 4.69) is 16.0 Å². The number of primary amides is 1. The van der Waals surface area contributed by atoms with Crippen LogP contribution < -0.4 is 27.4 Å². The number of aliphatic hydroxyl groups is 1. The Morgan fingerprint density at radius 1 is 0.829 bits per heavy atom. The smallest absolute Gasteiger partial charge is 0.326 e. The average molecular weight is 495 g/mol. The minimum atomic E-state index is -1.61. The number of benzene rings is 1. The van der Waals surface area contributed by atoms with E-state index in [9.17, 15) is 39.0 Å². The summed E-state index contributed by atoms with van der Waals surface area (Å²) in [7, 11) is 0. The van der Waals surface area contributed by atoms with E-state index in [-0.39, 0.29) is 19.3 Å². The number of hydrogen-bond donors (Lipinski definition) is 8. The van der Waals surface area contributed by atoms with Gasteiger partial charge in [-0.1, -0.05) is 30.3 Å². The van der Waals surface area contributed by atoms with Crippen molar-refractivity contribution < 1.29 is 44.1 Å². The van der Waals surface area contributed by atoms with Crippen molar-refractivity contribution in [2.75, 3.05) is 6.61 Å². The molecular weight excluding hydrogens is 466 g/mol. The van der Waals surface area contributed by atoms with Gasteiger partial charge in [-0.3, -0.25) is 24.0 Å². The zero-order chi connectivity index (χ0) is 26.5. The molecule has 4 amide bonds. The highest BCUT2D eigenvalue weighted by Gasteiger charge is 2.30. The molecule has 1 aromatic carbocycles. The monoisotopic (exact) mass is 495 g/mol. The molecule has 1 rings (SSSR count). The predicted molar refractivity (Wildman–Crippen MR) is 119 cm³/mol. The molecule has 4 atom stereocenters. The minimum Gasteiger partial charge on any atom is -0.481 e. The maximum absolute atomic E-state index is 12.8. The van der Waals surface area contributed by atoms with Crippen molar-refractivity contribution in [3.05, 3.63) is 35.9 Å². The van der Waals surface area contributed by atoms with E-state index in [1.165, 1.54) is 0 Å². The molecule has 0 heterocycles. The number of aliphatic hydroxyl groups excluding tert-OH is 1. The number of aliphatic carboxylic acids is 2. The van der Waals surface area contributed by atoms with Crippen molar-refractivity contribution in [1.82, 2.24) is 16.0 Å². The van der Waals surface area contributed by atoms with Crippen molar-refractivity contribution in [2.45, 2.75) is 49.9 Å². The van der Waals surface area contributed by atoms with Gasteiger partial charge in [0, 0.05) is 12.8 Å². The first-order valence-corrected chi connectivity index (χ1v) is 10.5. The van der Waals surface area contributed by atoms with Crippen molar-refractivity contribution in [3.63, 3.8) is 0 Å². The summed E-state index contributed by atoms with van der Waals surface area (Å²) in [6, 6.07) is 2.54. The van der Waals surface area contributed by atoms with Crippen molar-refractivity contribution in [3.8, 4) is 0 Å². The molecule has 10 N–H and O–H groups in total. The second-order valence-electron chi connectivity index (χ2n) is 7.60. The molecule has 0 saturated heterocycles. The number of amides is 4. The number of carboxylic acids is 2. The SMILES string of the molecule is NC(=O)CCC(NC(=O)C(CO)NC(=O)C(N)CC(=O)O)C(=O)NC(Cc1ccccc1)C(=O)O. The van der Waals surface area contributed by atoms with Crippen LogP contribution in [0.4, 0.5) is 0 Å². The number of carbonyl (C=O) groups is 6. The van der Waals surface area contributed by atoms with Crippen molar-refractivity contribution in [2.24, 2.45) is 11.5 Å². The number of hydrogen-bond acceptors (Lipinski definition) is 8. The van der Waals surface area contributed by atoms with Crippen LogP contribution >= 0.6 is 0 Å². The lowest BCUT2D eigenvalue weighted by Gasteiger charge is -2.24. The largest absolute Gasteiger partial charge is 0.481 e. The summed E-state index contributed by atoms with van der Waals surface area (Å²) in [6.07, 6.45) is -1.42. The Balaban J connectivity index is 2.93. The molecule has 0 saturated carbocycles. The van der Waals surface area contributed by atoms with Crippen LogP contribution in [0.15, 0.2) is 30.3 Å². The molecule has 0 spiro atoms. The molecule has 14 nitrogen and oxygen atoms in total. The number of carbonyl (C=O) groups excluding carboxylic acids is 4. The number of nitrogens with two attached hydrogens (primary N) is 2. The number of rotatable bonds is 15. The van der Waals surface area contributed by atoms with Gasteiger partial charge in [0.15, 0.2) is 0 Å². The molecule has 0 fully saturated rings. The van der Waals surface area contributed by atoms with Gasteiger partial charge >= 0.3 is 11.9 Å². The lowest BCUT2D eigenvalue weighted by atomic mass is 10.0. The second kappa shape index (κ2) is 14.3. The molecule has 0 aromatic heterocycles. The van der Waals surface area contributed by atoms with E-state index in [1.54, 1.807) is 30.3 Å². The van der Waals surface area contributed by atoms with Crippen LogP contribution in [-0.4, -0.2) is 81.7 Å². The van der Waals surface area contributed by atoms with E-state index in [0.29, 0.717) is 5.56 Å². The highest BCUT2D eigenvalue weighted by atomic mass is 16.4. The molecule has 0 aliphatic carbocycles. The van der Waals surface area contributed by atoms with Crippen LogP contribution in [0.3, 0.4) is 0 Å². The Labute approximate surface area is 200 Å². The standard InChI is InChI=1S/C21H29N5O9/c22-12(9-17(29)30)18(31)26-15(10-27)20(33)24-13(6-7-16(23)28)19(32)25-14(21(34)35)8-11-4-2-1-3-5-11/h1-5,12-15,27H,6-10,22H2,(H2,23,28)(H,24,33)(H,25,32)(H,26,31)(H,29,30)(H,34,35). The fourth-order valence-electron chi connectivity index (χ4n) is 2.90. The molecule has 14 heteroatoms. The molecule has 0 aliphatic rings. The molecule has 0 radical (unpaired) electrons. The van der Waals surface area contributed by atoms with Crippen molar-refractivity contribution >= 4 is 35.6 Å². The Morgan fingerprint density at radius 2 is 1.37 bits per heavy atom. The first-order chi connectivity index (χ1) is 16.4. The first-order valence-electron chi connectivity index (χ1n) is 10.5. The Kier molecular flexibility index (Phi) is 11.8. The molecule has 192 valence electrons. The molecule has 35 heavy (non-hydrogen) atoms. The van der Waals surface area contributed by atoms with Crippen LogP contribution in [0.1, 0.15) is 24.8 Å². The van der Waals surface area contributed by atoms with Crippen LogP contribution in [-0.2, 0) is 35.2 Å². The van der Waals surface area contributed by atoms with Gasteiger partial charge < -0.3 is 42.7 Å². The lowest BCUT2D eigenvalue weighted by molar-refractivity contribution is -0.142. The van der Waals surface area contributed by atoms with E-state index in [0.717, 1.165) is 0 Å². The van der Waals surface area contributed by atoms with Gasteiger partial charge in [-0.05, 0) is 12.0 Å². The van der Waals surface area contributed by atoms with Gasteiger partial charge in [-0.25, -0.2) is 4.79 Å². The third-order valence-electron chi connectivity index (χ3n) is 4.76. The molecular formula is C21H29N5O9. The normalized spacial score (nSPS) is 14.0. The predicted octanol–water partition coefficient (Wildman–Crippen LogP) is -3.17. The third-order valence-corrected chi connectivity index (χ3v) is 4.76.